The van der Waals surface area contributed by atoms with Crippen LogP contribution in [0.4, 0.5) is 4.79 Å². The number of amides is 2. The van der Waals surface area contributed by atoms with Crippen LogP contribution in [0.2, 0.25) is 0 Å². The third kappa shape index (κ3) is 7.49. The second-order valence-corrected chi connectivity index (χ2v) is 18.4. The molecule has 7 aromatic rings. The van der Waals surface area contributed by atoms with Gasteiger partial charge in [-0.2, -0.15) is 0 Å². The molecule has 0 radical (unpaired) electrons. The number of hydrogen-bond donors (Lipinski definition) is 4. The number of phenolic OH excluding ortho intramolecular Hbond substituents is 2. The molecule has 4 N–H and O–H groups in total. The maximum Gasteiger partial charge on any atom is 0.415 e. The molecule has 7 heterocycles. The average molecular weight is 937 g/mol. The van der Waals surface area contributed by atoms with Gasteiger partial charge in [-0.3, -0.25) is 9.59 Å². The quantitative estimate of drug-likeness (QED) is 0.104. The summed E-state index contributed by atoms with van der Waals surface area (Å²) in [6.45, 7) is 9.34. The van der Waals surface area contributed by atoms with Crippen molar-refractivity contribution in [1.29, 1.82) is 0 Å². The zero-order chi connectivity index (χ0) is 48.6. The molecule has 1 unspecified atom stereocenters. The smallest absolute Gasteiger partial charge is 0.415 e. The van der Waals surface area contributed by atoms with Crippen LogP contribution >= 0.6 is 0 Å². The number of likely N-dealkylation sites (tertiary alicyclic amines) is 1. The van der Waals surface area contributed by atoms with Gasteiger partial charge >= 0.3 is 18.1 Å². The maximum absolute atomic E-state index is 13.9. The minimum atomic E-state index is -1.54. The summed E-state index contributed by atoms with van der Waals surface area (Å²) in [4.78, 5) is 61.7. The molecule has 0 saturated carbocycles. The van der Waals surface area contributed by atoms with E-state index in [0.29, 0.717) is 84.8 Å². The first kappa shape index (κ1) is 45.1. The van der Waals surface area contributed by atoms with Crippen LogP contribution in [0.15, 0.2) is 71.7 Å². The minimum absolute atomic E-state index is 0.00852. The summed E-state index contributed by atoms with van der Waals surface area (Å²) in [6, 6.07) is 17.0. The molecule has 3 aliphatic heterocycles. The Hall–Kier alpha value is -7.73. The fourth-order valence-electron chi connectivity index (χ4n) is 10.4. The molecule has 0 aliphatic carbocycles. The summed E-state index contributed by atoms with van der Waals surface area (Å²) >= 11 is 0. The number of aliphatic hydroxyl groups is 1. The lowest BCUT2D eigenvalue weighted by Gasteiger charge is -2.46. The second-order valence-electron chi connectivity index (χ2n) is 18.4. The average Bonchev–Trinajstić information content (AvgIpc) is 4.05. The Morgan fingerprint density at radius 1 is 0.957 bits per heavy atom. The maximum atomic E-state index is 13.9. The Kier molecular flexibility index (Phi) is 11.2. The third-order valence-corrected chi connectivity index (χ3v) is 14.5. The molecular formula is C51H52N8O10. The van der Waals surface area contributed by atoms with E-state index in [1.807, 2.05) is 61.6 Å². The fourth-order valence-corrected chi connectivity index (χ4v) is 10.4. The molecule has 10 rings (SSSR count). The number of fused-ring (bicyclic) bond motifs is 6. The Labute approximate surface area is 395 Å². The number of esters is 1. The number of carbonyl (C=O) groups is 3. The fraction of sp³-hybridized carbons (Fsp3) is 0.353. The van der Waals surface area contributed by atoms with Gasteiger partial charge < -0.3 is 48.8 Å². The van der Waals surface area contributed by atoms with Gasteiger partial charge in [0.15, 0.2) is 11.9 Å². The summed E-state index contributed by atoms with van der Waals surface area (Å²) in [7, 11) is 1.74. The molecule has 18 nitrogen and oxygen atoms in total. The van der Waals surface area contributed by atoms with Crippen molar-refractivity contribution in [2.24, 2.45) is 0 Å². The zero-order valence-corrected chi connectivity index (χ0v) is 38.9. The molecule has 18 heteroatoms. The van der Waals surface area contributed by atoms with E-state index >= 15 is 0 Å². The topological polar surface area (TPSA) is 228 Å². The van der Waals surface area contributed by atoms with Crippen molar-refractivity contribution in [3.63, 3.8) is 0 Å². The van der Waals surface area contributed by atoms with Crippen molar-refractivity contribution >= 4 is 39.8 Å². The number of aliphatic hydroxyl groups excluding tert-OH is 1. The monoisotopic (exact) mass is 936 g/mol. The second kappa shape index (κ2) is 17.1. The van der Waals surface area contributed by atoms with E-state index in [4.69, 9.17) is 14.5 Å². The molecular weight excluding hydrogens is 885 g/mol. The lowest BCUT2D eigenvalue weighted by molar-refractivity contribution is -0.157. The van der Waals surface area contributed by atoms with Gasteiger partial charge in [0, 0.05) is 78.3 Å². The number of hydrogen-bond acceptors (Lipinski definition) is 13. The van der Waals surface area contributed by atoms with E-state index in [-0.39, 0.29) is 71.4 Å². The van der Waals surface area contributed by atoms with Crippen molar-refractivity contribution in [2.75, 3.05) is 20.1 Å². The molecule has 1 saturated heterocycles. The number of aromatic nitrogens is 6. The standard InChI is InChI=1S/C51H52N8O10/c1-6-31-33-21-30(9-10-38(33)52-44-36(31)25-58-40(44)23-34-37(47(58)64)26-68-48(65)45(34)63)69-50(67)55(5)51(7-2)14-18-57(19-15-51)43(62)13-17-56-16-12-28-20-29(8-11-39(28)56)59-46(53-54-49(59)66)35-22-32(27(3)4)41(60)24-42(35)61/h8-12,16,20-24,27,45,60-61,63H,6-7,13-15,17-19,25-26H2,1-5H3,(H,54,66). The number of cyclic esters (lactones) is 1. The molecule has 2 amide bonds. The molecule has 1 fully saturated rings. The number of benzene rings is 3. The number of ether oxygens (including phenoxy) is 2. The Bertz CT molecular complexity index is 3330. The highest BCUT2D eigenvalue weighted by Crippen LogP contribution is 2.41. The van der Waals surface area contributed by atoms with E-state index in [9.17, 15) is 39.6 Å². The first-order chi connectivity index (χ1) is 33.1. The molecule has 3 aromatic carbocycles. The highest BCUT2D eigenvalue weighted by atomic mass is 16.6. The highest BCUT2D eigenvalue weighted by Gasteiger charge is 2.41. The summed E-state index contributed by atoms with van der Waals surface area (Å²) in [5.74, 6) is -0.502. The number of phenols is 2. The molecule has 0 spiro atoms. The number of aromatic hydroxyl groups is 3. The van der Waals surface area contributed by atoms with E-state index in [2.05, 4.69) is 10.2 Å². The van der Waals surface area contributed by atoms with E-state index < -0.39 is 23.7 Å². The number of piperidine rings is 1. The summed E-state index contributed by atoms with van der Waals surface area (Å²) in [5.41, 5.74) is 5.57. The van der Waals surface area contributed by atoms with Gasteiger partial charge in [-0.25, -0.2) is 19.1 Å². The van der Waals surface area contributed by atoms with E-state index in [0.717, 1.165) is 27.4 Å². The lowest BCUT2D eigenvalue weighted by atomic mass is 9.83. The number of nitrogens with zero attached hydrogens (tertiary/aromatic N) is 8. The van der Waals surface area contributed by atoms with Gasteiger partial charge in [0.1, 0.15) is 23.9 Å². The van der Waals surface area contributed by atoms with Crippen molar-refractivity contribution in [1.82, 2.24) is 38.7 Å². The van der Waals surface area contributed by atoms with Crippen molar-refractivity contribution in [2.45, 2.75) is 97.1 Å². The zero-order valence-electron chi connectivity index (χ0n) is 38.9. The molecule has 4 aromatic heterocycles. The van der Waals surface area contributed by atoms with Crippen LogP contribution in [-0.2, 0) is 40.4 Å². The predicted octanol–water partition coefficient (Wildman–Crippen LogP) is 6.81. The molecule has 0 bridgehead atoms. The first-order valence-electron chi connectivity index (χ1n) is 23.2. The lowest BCUT2D eigenvalue weighted by Crippen LogP contribution is -2.57. The minimum Gasteiger partial charge on any atom is -0.508 e. The van der Waals surface area contributed by atoms with Crippen LogP contribution in [0, 0.1) is 0 Å². The van der Waals surface area contributed by atoms with Gasteiger partial charge in [0.2, 0.25) is 5.91 Å². The van der Waals surface area contributed by atoms with Gasteiger partial charge in [-0.1, -0.05) is 32.8 Å². The van der Waals surface area contributed by atoms with E-state index in [1.54, 1.807) is 52.9 Å². The number of carbonyl (C=O) groups excluding carboxylic acids is 3. The van der Waals surface area contributed by atoms with Crippen LogP contribution in [0.5, 0.6) is 23.3 Å². The van der Waals surface area contributed by atoms with Gasteiger partial charge in [0.25, 0.3) is 5.56 Å². The third-order valence-electron chi connectivity index (χ3n) is 14.5. The van der Waals surface area contributed by atoms with Crippen LogP contribution in [0.1, 0.15) is 93.2 Å². The number of aryl methyl sites for hydroxylation is 2. The largest absolute Gasteiger partial charge is 0.508 e. The first-order valence-corrected chi connectivity index (χ1v) is 23.2. The van der Waals surface area contributed by atoms with Gasteiger partial charge in [-0.15, -0.1) is 5.10 Å². The number of rotatable bonds is 10. The summed E-state index contributed by atoms with van der Waals surface area (Å²) in [6.07, 6.45) is 2.54. The van der Waals surface area contributed by atoms with Crippen molar-refractivity contribution < 1.29 is 44.3 Å². The van der Waals surface area contributed by atoms with Crippen molar-refractivity contribution in [3.05, 3.63) is 105 Å². The Morgan fingerprint density at radius 2 is 1.74 bits per heavy atom. The predicted molar refractivity (Wildman–Crippen MR) is 253 cm³/mol. The Balaban J connectivity index is 0.790. The van der Waals surface area contributed by atoms with Crippen LogP contribution < -0.4 is 10.3 Å². The van der Waals surface area contributed by atoms with Crippen molar-refractivity contribution in [3.8, 4) is 51.7 Å². The van der Waals surface area contributed by atoms with Crippen LogP contribution in [-0.4, -0.2) is 103 Å². The SMILES string of the molecule is CCc1c2c(nc3ccc(OC(=O)N(C)C4(CC)CCN(C(=O)CCn5ccc6cc(-n7c(O)nnc7-c7cc(C(C)C)c(O)cc7O)ccc65)CC4)cc13)-c1cc3c(c(=O)n1C2)COC(=O)C3O. The van der Waals surface area contributed by atoms with Crippen LogP contribution in [0.25, 0.3) is 50.3 Å². The molecule has 69 heavy (non-hydrogen) atoms. The Morgan fingerprint density at radius 3 is 2.48 bits per heavy atom. The molecule has 1 atom stereocenters. The number of pyridine rings is 2. The highest BCUT2D eigenvalue weighted by molar-refractivity contribution is 5.90. The van der Waals surface area contributed by atoms with E-state index in [1.165, 1.54) is 10.6 Å². The van der Waals surface area contributed by atoms with Crippen LogP contribution in [0.3, 0.4) is 0 Å². The molecule has 356 valence electrons. The summed E-state index contributed by atoms with van der Waals surface area (Å²) in [5, 5.41) is 52.1. The van der Waals surface area contributed by atoms with Gasteiger partial charge in [0.05, 0.1) is 40.3 Å². The van der Waals surface area contributed by atoms with Gasteiger partial charge in [-0.05, 0) is 97.3 Å². The normalized spacial score (nSPS) is 16.1. The molecule has 3 aliphatic rings. The summed E-state index contributed by atoms with van der Waals surface area (Å²) < 4.78 is 16.1.